The molecule has 2 aliphatic rings. The van der Waals surface area contributed by atoms with E-state index in [0.717, 1.165) is 44.5 Å². The van der Waals surface area contributed by atoms with Crippen molar-refractivity contribution in [3.05, 3.63) is 29.1 Å². The van der Waals surface area contributed by atoms with Gasteiger partial charge in [0, 0.05) is 24.8 Å². The number of likely N-dealkylation sites (tertiary alicyclic amines) is 1. The molecular formula is C21H32N4O. The van der Waals surface area contributed by atoms with Crippen LogP contribution < -0.4 is 5.32 Å². The number of amides is 1. The van der Waals surface area contributed by atoms with Gasteiger partial charge in [-0.3, -0.25) is 4.79 Å². The zero-order chi connectivity index (χ0) is 18.4. The minimum absolute atomic E-state index is 0.0556. The number of allylic oxidation sites excluding steroid dienone is 1. The summed E-state index contributed by atoms with van der Waals surface area (Å²) in [5.41, 5.74) is 2.90. The lowest BCUT2D eigenvalue weighted by Crippen LogP contribution is -2.43. The third kappa shape index (κ3) is 4.83. The number of aromatic nitrogens is 2. The first-order valence-corrected chi connectivity index (χ1v) is 10.3. The van der Waals surface area contributed by atoms with Gasteiger partial charge in [0.05, 0.1) is 0 Å². The molecule has 3 rings (SSSR count). The molecule has 2 heterocycles. The molecule has 1 fully saturated rings. The van der Waals surface area contributed by atoms with Crippen LogP contribution in [0.15, 0.2) is 17.7 Å². The molecule has 1 N–H and O–H groups in total. The van der Waals surface area contributed by atoms with Crippen molar-refractivity contribution < 1.29 is 4.79 Å². The molecule has 0 spiro atoms. The van der Waals surface area contributed by atoms with Crippen LogP contribution in [0.4, 0.5) is 5.95 Å². The van der Waals surface area contributed by atoms with Crippen LogP contribution in [-0.4, -0.2) is 39.9 Å². The highest BCUT2D eigenvalue weighted by Gasteiger charge is 2.27. The molecule has 0 bridgehead atoms. The molecule has 0 radical (unpaired) electrons. The van der Waals surface area contributed by atoms with Gasteiger partial charge < -0.3 is 10.2 Å². The van der Waals surface area contributed by atoms with Gasteiger partial charge in [0.1, 0.15) is 5.69 Å². The van der Waals surface area contributed by atoms with E-state index in [1.54, 1.807) is 0 Å². The number of carbonyl (C=O) groups excluding carboxylic acids is 1. The van der Waals surface area contributed by atoms with Gasteiger partial charge in [-0.25, -0.2) is 9.97 Å². The van der Waals surface area contributed by atoms with Crippen LogP contribution in [0.25, 0.3) is 0 Å². The monoisotopic (exact) mass is 356 g/mol. The molecule has 1 amide bonds. The summed E-state index contributed by atoms with van der Waals surface area (Å²) in [5, 5.41) is 3.32. The number of nitrogens with one attached hydrogen (secondary N) is 1. The van der Waals surface area contributed by atoms with E-state index in [2.05, 4.69) is 28.3 Å². The lowest BCUT2D eigenvalue weighted by atomic mass is 9.97. The summed E-state index contributed by atoms with van der Waals surface area (Å²) in [4.78, 5) is 24.0. The Kier molecular flexibility index (Phi) is 6.64. The molecule has 1 saturated heterocycles. The molecule has 1 unspecified atom stereocenters. The molecule has 1 aromatic heterocycles. The highest BCUT2D eigenvalue weighted by atomic mass is 16.2. The number of nitrogens with zero attached hydrogens (tertiary/aromatic N) is 3. The number of piperidine rings is 1. The third-order valence-corrected chi connectivity index (χ3v) is 5.55. The second-order valence-electron chi connectivity index (χ2n) is 7.56. The van der Waals surface area contributed by atoms with Gasteiger partial charge >= 0.3 is 0 Å². The predicted octanol–water partition coefficient (Wildman–Crippen LogP) is 4.49. The molecule has 1 aromatic rings. The average Bonchev–Trinajstić information content (AvgIpc) is 2.68. The molecule has 1 aliphatic heterocycles. The van der Waals surface area contributed by atoms with Crippen LogP contribution >= 0.6 is 0 Å². The Morgan fingerprint density at radius 2 is 2.15 bits per heavy atom. The lowest BCUT2D eigenvalue weighted by Gasteiger charge is -2.35. The SMILES string of the molecule is CCC1CCCCN1C(=O)c1cc(C)nc(NCCC2=CCCCC2)n1. The highest BCUT2D eigenvalue weighted by molar-refractivity contribution is 5.93. The van der Waals surface area contributed by atoms with Crippen LogP contribution in [0.2, 0.25) is 0 Å². The van der Waals surface area contributed by atoms with Crippen molar-refractivity contribution in [2.75, 3.05) is 18.4 Å². The zero-order valence-electron chi connectivity index (χ0n) is 16.3. The molecule has 5 heteroatoms. The van der Waals surface area contributed by atoms with Crippen LogP contribution in [0.1, 0.15) is 80.9 Å². The zero-order valence-corrected chi connectivity index (χ0v) is 16.3. The normalized spacial score (nSPS) is 20.6. The standard InChI is InChI=1S/C21H32N4O/c1-3-18-11-7-8-14-25(18)20(26)19-15-16(2)23-21(24-19)22-13-12-17-9-5-4-6-10-17/h9,15,18H,3-8,10-14H2,1-2H3,(H,22,23,24). The van der Waals surface area contributed by atoms with Crippen molar-refractivity contribution in [1.29, 1.82) is 0 Å². The van der Waals surface area contributed by atoms with Crippen molar-refractivity contribution in [2.45, 2.75) is 77.7 Å². The second kappa shape index (κ2) is 9.15. The van der Waals surface area contributed by atoms with Crippen molar-refractivity contribution in [3.8, 4) is 0 Å². The van der Waals surface area contributed by atoms with E-state index in [4.69, 9.17) is 0 Å². The smallest absolute Gasteiger partial charge is 0.272 e. The van der Waals surface area contributed by atoms with Crippen LogP contribution in [0, 0.1) is 6.92 Å². The summed E-state index contributed by atoms with van der Waals surface area (Å²) in [5.74, 6) is 0.634. The van der Waals surface area contributed by atoms with E-state index < -0.39 is 0 Å². The van der Waals surface area contributed by atoms with E-state index >= 15 is 0 Å². The number of hydrogen-bond acceptors (Lipinski definition) is 4. The van der Waals surface area contributed by atoms with Gasteiger partial charge in [-0.05, 0) is 70.8 Å². The molecule has 1 atom stereocenters. The summed E-state index contributed by atoms with van der Waals surface area (Å²) in [7, 11) is 0. The van der Waals surface area contributed by atoms with Gasteiger partial charge in [-0.15, -0.1) is 0 Å². The van der Waals surface area contributed by atoms with E-state index in [1.807, 2.05) is 17.9 Å². The fourth-order valence-electron chi connectivity index (χ4n) is 4.06. The minimum atomic E-state index is 0.0556. The number of carbonyl (C=O) groups is 1. The quantitative estimate of drug-likeness (QED) is 0.763. The number of aryl methyl sites for hydroxylation is 1. The lowest BCUT2D eigenvalue weighted by molar-refractivity contribution is 0.0601. The highest BCUT2D eigenvalue weighted by Crippen LogP contribution is 2.22. The maximum absolute atomic E-state index is 13.0. The first kappa shape index (κ1) is 18.9. The van der Waals surface area contributed by atoms with Crippen molar-refractivity contribution in [3.63, 3.8) is 0 Å². The fraction of sp³-hybridized carbons (Fsp3) is 0.667. The Balaban J connectivity index is 1.64. The largest absolute Gasteiger partial charge is 0.354 e. The van der Waals surface area contributed by atoms with Crippen molar-refractivity contribution in [2.24, 2.45) is 0 Å². The van der Waals surface area contributed by atoms with Crippen molar-refractivity contribution in [1.82, 2.24) is 14.9 Å². The van der Waals surface area contributed by atoms with Gasteiger partial charge in [0.25, 0.3) is 5.91 Å². The third-order valence-electron chi connectivity index (χ3n) is 5.55. The number of rotatable bonds is 6. The Morgan fingerprint density at radius 1 is 1.27 bits per heavy atom. The average molecular weight is 357 g/mol. The Bertz CT molecular complexity index is 655. The molecule has 26 heavy (non-hydrogen) atoms. The second-order valence-corrected chi connectivity index (χ2v) is 7.56. The van der Waals surface area contributed by atoms with E-state index in [1.165, 1.54) is 37.7 Å². The maximum Gasteiger partial charge on any atom is 0.272 e. The summed E-state index contributed by atoms with van der Waals surface area (Å²) in [6.07, 6.45) is 12.9. The van der Waals surface area contributed by atoms with Gasteiger partial charge in [-0.2, -0.15) is 0 Å². The number of anilines is 1. The van der Waals surface area contributed by atoms with Gasteiger partial charge in [0.2, 0.25) is 5.95 Å². The Labute approximate surface area is 157 Å². The predicted molar refractivity (Wildman–Crippen MR) is 105 cm³/mol. The van der Waals surface area contributed by atoms with E-state index in [-0.39, 0.29) is 5.91 Å². The first-order chi connectivity index (χ1) is 12.7. The fourth-order valence-corrected chi connectivity index (χ4v) is 4.06. The summed E-state index contributed by atoms with van der Waals surface area (Å²) in [6.45, 7) is 5.76. The van der Waals surface area contributed by atoms with Gasteiger partial charge in [-0.1, -0.05) is 18.6 Å². The van der Waals surface area contributed by atoms with Crippen LogP contribution in [-0.2, 0) is 0 Å². The Hall–Kier alpha value is -1.91. The number of hydrogen-bond donors (Lipinski definition) is 1. The van der Waals surface area contributed by atoms with Crippen LogP contribution in [0.5, 0.6) is 0 Å². The minimum Gasteiger partial charge on any atom is -0.354 e. The van der Waals surface area contributed by atoms with Crippen LogP contribution in [0.3, 0.4) is 0 Å². The molecule has 0 saturated carbocycles. The van der Waals surface area contributed by atoms with Crippen molar-refractivity contribution >= 4 is 11.9 Å². The molecule has 5 nitrogen and oxygen atoms in total. The Morgan fingerprint density at radius 3 is 2.92 bits per heavy atom. The van der Waals surface area contributed by atoms with E-state index in [0.29, 0.717) is 17.7 Å². The van der Waals surface area contributed by atoms with Gasteiger partial charge in [0.15, 0.2) is 0 Å². The molecular weight excluding hydrogens is 324 g/mol. The molecule has 142 valence electrons. The van der Waals surface area contributed by atoms with E-state index in [9.17, 15) is 4.79 Å². The summed E-state index contributed by atoms with van der Waals surface area (Å²) in [6, 6.07) is 2.17. The maximum atomic E-state index is 13.0. The summed E-state index contributed by atoms with van der Waals surface area (Å²) < 4.78 is 0. The molecule has 1 aliphatic carbocycles. The molecule has 0 aromatic carbocycles. The first-order valence-electron chi connectivity index (χ1n) is 10.3. The summed E-state index contributed by atoms with van der Waals surface area (Å²) >= 11 is 0. The topological polar surface area (TPSA) is 58.1 Å².